The Balaban J connectivity index is 1.89. The van der Waals surface area contributed by atoms with Crippen LogP contribution in [-0.2, 0) is 40.6 Å². The maximum atomic E-state index is 13.3. The normalized spacial score (nSPS) is 18.2. The van der Waals surface area contributed by atoms with Crippen molar-refractivity contribution in [2.24, 2.45) is 5.73 Å². The molecule has 1 unspecified atom stereocenters. The lowest BCUT2D eigenvalue weighted by atomic mass is 10.1. The molecule has 43 heavy (non-hydrogen) atoms. The van der Waals surface area contributed by atoms with Crippen molar-refractivity contribution in [1.29, 1.82) is 0 Å². The first-order valence-corrected chi connectivity index (χ1v) is 15.7. The first-order valence-electron chi connectivity index (χ1n) is 13.9. The van der Waals surface area contributed by atoms with Gasteiger partial charge in [0.05, 0.1) is 26.2 Å². The fourth-order valence-corrected chi connectivity index (χ4v) is 5.68. The molecule has 0 spiro atoms. The van der Waals surface area contributed by atoms with Gasteiger partial charge in [0, 0.05) is 27.7 Å². The number of nitrogens with two attached hydrogens (primary N) is 1. The Kier molecular flexibility index (Phi) is 13.0. The zero-order valence-corrected chi connectivity index (χ0v) is 24.8. The minimum absolute atomic E-state index is 0.247. The van der Waals surface area contributed by atoms with Crippen LogP contribution in [0.5, 0.6) is 0 Å². The molecule has 230 valence electrons. The third kappa shape index (κ3) is 11.1. The number of fused-ring (bicyclic) bond motifs is 2. The number of amides is 6. The van der Waals surface area contributed by atoms with Crippen LogP contribution in [0.15, 0.2) is 53.4 Å². The van der Waals surface area contributed by atoms with Gasteiger partial charge in [-0.25, -0.2) is 0 Å². The van der Waals surface area contributed by atoms with Gasteiger partial charge in [0.25, 0.3) is 5.91 Å². The first kappa shape index (κ1) is 33.1. The van der Waals surface area contributed by atoms with Crippen LogP contribution in [-0.4, -0.2) is 80.5 Å². The molecule has 2 aromatic rings. The molecule has 1 aliphatic rings. The number of carbonyl (C=O) groups excluding carboxylic acids is 6. The van der Waals surface area contributed by atoms with Gasteiger partial charge in [-0.3, -0.25) is 28.8 Å². The van der Waals surface area contributed by atoms with Gasteiger partial charge in [-0.05, 0) is 50.1 Å². The molecule has 0 aliphatic carbocycles. The molecule has 2 bridgehead atoms. The standard InChI is InChI=1S/C29H37N7O6S/c1-43(21-7-3-2-4-8-21)18-19-10-11-20-13-22(19)28(41)34-16-26(39)32-14-24(37)31-15-25(38)33-17-27(40)36-23(29(42)35-20)9-5-6-12-30/h2-4,7-8,10-11,13,23H,5-6,9,12,14-18,30H2,1H3,(H5-,31,32,33,34,35,36,37,38,39,40,41,42)/p+1/t23-,43?/m0/s1. The summed E-state index contributed by atoms with van der Waals surface area (Å²) in [6, 6.07) is 13.9. The van der Waals surface area contributed by atoms with E-state index in [1.165, 1.54) is 6.07 Å². The number of anilines is 1. The average Bonchev–Trinajstić information content (AvgIpc) is 3.00. The molecule has 0 radical (unpaired) electrons. The highest BCUT2D eigenvalue weighted by Gasteiger charge is 2.24. The van der Waals surface area contributed by atoms with Crippen LogP contribution in [0.25, 0.3) is 0 Å². The molecular weight excluding hydrogens is 574 g/mol. The van der Waals surface area contributed by atoms with Crippen LogP contribution < -0.4 is 37.6 Å². The second-order valence-electron chi connectivity index (χ2n) is 9.87. The van der Waals surface area contributed by atoms with Gasteiger partial charge in [-0.2, -0.15) is 0 Å². The highest BCUT2D eigenvalue weighted by molar-refractivity contribution is 7.95. The third-order valence-corrected chi connectivity index (χ3v) is 8.31. The molecule has 2 aromatic carbocycles. The van der Waals surface area contributed by atoms with Crippen molar-refractivity contribution in [3.05, 3.63) is 59.7 Å². The van der Waals surface area contributed by atoms with Crippen molar-refractivity contribution in [3.8, 4) is 0 Å². The Morgan fingerprint density at radius 1 is 0.767 bits per heavy atom. The van der Waals surface area contributed by atoms with Gasteiger partial charge in [-0.1, -0.05) is 24.3 Å². The number of rotatable bonds is 7. The monoisotopic (exact) mass is 612 g/mol. The topological polar surface area (TPSA) is 201 Å². The van der Waals surface area contributed by atoms with Crippen molar-refractivity contribution >= 4 is 52.0 Å². The van der Waals surface area contributed by atoms with E-state index in [2.05, 4.69) is 38.2 Å². The largest absolute Gasteiger partial charge is 0.346 e. The second-order valence-corrected chi connectivity index (χ2v) is 11.9. The molecule has 6 amide bonds. The van der Waals surface area contributed by atoms with E-state index in [4.69, 9.17) is 5.73 Å². The summed E-state index contributed by atoms with van der Waals surface area (Å²) in [6.45, 7) is -1.21. The summed E-state index contributed by atoms with van der Waals surface area (Å²) < 4.78 is 0. The lowest BCUT2D eigenvalue weighted by Crippen LogP contribution is -2.49. The Bertz CT molecular complexity index is 1320. The number of benzene rings is 2. The average molecular weight is 613 g/mol. The second kappa shape index (κ2) is 16.9. The van der Waals surface area contributed by atoms with Crippen molar-refractivity contribution in [1.82, 2.24) is 26.6 Å². The van der Waals surface area contributed by atoms with E-state index < -0.39 is 67.7 Å². The molecule has 0 saturated carbocycles. The summed E-state index contributed by atoms with van der Waals surface area (Å²) >= 11 is 0. The van der Waals surface area contributed by atoms with E-state index in [1.807, 2.05) is 30.3 Å². The molecule has 8 N–H and O–H groups in total. The molecule has 0 aromatic heterocycles. The number of hydrogen-bond acceptors (Lipinski definition) is 7. The number of nitrogens with one attached hydrogen (secondary N) is 6. The minimum Gasteiger partial charge on any atom is -0.346 e. The predicted octanol–water partition coefficient (Wildman–Crippen LogP) is -0.862. The molecule has 1 heterocycles. The van der Waals surface area contributed by atoms with Crippen molar-refractivity contribution in [3.63, 3.8) is 0 Å². The molecule has 13 nitrogen and oxygen atoms in total. The van der Waals surface area contributed by atoms with E-state index in [1.54, 1.807) is 12.1 Å². The van der Waals surface area contributed by atoms with Crippen LogP contribution in [0.1, 0.15) is 35.2 Å². The molecule has 14 heteroatoms. The maximum absolute atomic E-state index is 13.3. The zero-order valence-electron chi connectivity index (χ0n) is 24.0. The van der Waals surface area contributed by atoms with E-state index in [0.29, 0.717) is 37.2 Å². The minimum atomic E-state index is -0.929. The quantitative estimate of drug-likeness (QED) is 0.156. The van der Waals surface area contributed by atoms with Gasteiger partial charge < -0.3 is 37.6 Å². The summed E-state index contributed by atoms with van der Waals surface area (Å²) in [7, 11) is -0.247. The maximum Gasteiger partial charge on any atom is 0.252 e. The lowest BCUT2D eigenvalue weighted by molar-refractivity contribution is -0.129. The van der Waals surface area contributed by atoms with Gasteiger partial charge in [0.1, 0.15) is 18.1 Å². The number of carbonyl (C=O) groups is 6. The highest BCUT2D eigenvalue weighted by atomic mass is 32.2. The third-order valence-electron chi connectivity index (χ3n) is 6.49. The highest BCUT2D eigenvalue weighted by Crippen LogP contribution is 2.23. The van der Waals surface area contributed by atoms with Crippen molar-refractivity contribution < 1.29 is 28.8 Å². The van der Waals surface area contributed by atoms with Crippen LogP contribution in [0.4, 0.5) is 5.69 Å². The summed E-state index contributed by atoms with van der Waals surface area (Å²) in [6.07, 6.45) is 3.58. The van der Waals surface area contributed by atoms with Gasteiger partial charge in [0.15, 0.2) is 4.90 Å². The van der Waals surface area contributed by atoms with Crippen LogP contribution in [0, 0.1) is 0 Å². The summed E-state index contributed by atoms with van der Waals surface area (Å²) in [5.74, 6) is -2.96. The van der Waals surface area contributed by atoms with Crippen LogP contribution in [0.3, 0.4) is 0 Å². The Labute approximate surface area is 252 Å². The Morgan fingerprint density at radius 2 is 1.37 bits per heavy atom. The fourth-order valence-electron chi connectivity index (χ4n) is 4.18. The van der Waals surface area contributed by atoms with Crippen molar-refractivity contribution in [2.75, 3.05) is 44.3 Å². The van der Waals surface area contributed by atoms with Gasteiger partial charge in [-0.15, -0.1) is 0 Å². The summed E-state index contributed by atoms with van der Waals surface area (Å²) in [4.78, 5) is 76.7. The molecule has 1 aliphatic heterocycles. The van der Waals surface area contributed by atoms with E-state index in [-0.39, 0.29) is 16.5 Å². The van der Waals surface area contributed by atoms with Crippen molar-refractivity contribution in [2.45, 2.75) is 36.0 Å². The molecule has 0 saturated heterocycles. The first-order chi connectivity index (χ1) is 20.7. The predicted molar refractivity (Wildman–Crippen MR) is 163 cm³/mol. The Hall–Kier alpha value is -4.43. The SMILES string of the molecule is C[S+](Cc1ccc2cc1C(=O)NCC(=O)NCC(=O)NCC(=O)NCC(=O)N[C@@H](CCCCN)C(=O)N2)c1ccccc1. The van der Waals surface area contributed by atoms with Gasteiger partial charge >= 0.3 is 0 Å². The number of unbranched alkanes of at least 4 members (excludes halogenated alkanes) is 1. The Morgan fingerprint density at radius 3 is 2.00 bits per heavy atom. The smallest absolute Gasteiger partial charge is 0.252 e. The van der Waals surface area contributed by atoms with E-state index in [0.717, 1.165) is 10.5 Å². The van der Waals surface area contributed by atoms with Gasteiger partial charge in [0.2, 0.25) is 29.5 Å². The molecular formula is C29H38N7O6S+. The molecule has 2 atom stereocenters. The zero-order chi connectivity index (χ0) is 31.2. The van der Waals surface area contributed by atoms with E-state index in [9.17, 15) is 28.8 Å². The summed E-state index contributed by atoms with van der Waals surface area (Å²) in [5.41, 5.74) is 6.92. The summed E-state index contributed by atoms with van der Waals surface area (Å²) in [5, 5.41) is 15.1. The lowest BCUT2D eigenvalue weighted by Gasteiger charge is -2.19. The van der Waals surface area contributed by atoms with E-state index >= 15 is 0 Å². The fraction of sp³-hybridized carbons (Fsp3) is 0.379. The molecule has 3 rings (SSSR count). The number of hydrogen-bond donors (Lipinski definition) is 7. The molecule has 0 fully saturated rings. The van der Waals surface area contributed by atoms with Crippen LogP contribution >= 0.6 is 0 Å². The van der Waals surface area contributed by atoms with Crippen LogP contribution in [0.2, 0.25) is 0 Å².